The van der Waals surface area contributed by atoms with E-state index in [4.69, 9.17) is 0 Å². The summed E-state index contributed by atoms with van der Waals surface area (Å²) in [4.78, 5) is 0. The quantitative estimate of drug-likeness (QED) is 0.744. The first-order chi connectivity index (χ1) is 7.36. The highest BCUT2D eigenvalue weighted by Crippen LogP contribution is 2.13. The van der Waals surface area contributed by atoms with Crippen molar-refractivity contribution in [1.82, 2.24) is 15.1 Å². The molecular formula is C12H19N3. The number of aromatic nitrogens is 2. The summed E-state index contributed by atoms with van der Waals surface area (Å²) in [7, 11) is 2.00. The average molecular weight is 205 g/mol. The van der Waals surface area contributed by atoms with E-state index < -0.39 is 0 Å². The van der Waals surface area contributed by atoms with Gasteiger partial charge in [0, 0.05) is 25.4 Å². The Kier molecular flexibility index (Phi) is 3.56. The van der Waals surface area contributed by atoms with Gasteiger partial charge in [-0.25, -0.2) is 0 Å². The van der Waals surface area contributed by atoms with Gasteiger partial charge < -0.3 is 5.32 Å². The van der Waals surface area contributed by atoms with Crippen molar-refractivity contribution < 1.29 is 0 Å². The van der Waals surface area contributed by atoms with Crippen LogP contribution in [0.15, 0.2) is 23.9 Å². The molecule has 0 amide bonds. The van der Waals surface area contributed by atoms with E-state index in [1.54, 1.807) is 5.57 Å². The van der Waals surface area contributed by atoms with Crippen LogP contribution in [0.4, 0.5) is 0 Å². The highest BCUT2D eigenvalue weighted by atomic mass is 15.2. The third-order valence-corrected chi connectivity index (χ3v) is 3.00. The Labute approximate surface area is 91.2 Å². The number of hydrogen-bond acceptors (Lipinski definition) is 2. The van der Waals surface area contributed by atoms with Crippen LogP contribution in [0.5, 0.6) is 0 Å². The molecule has 0 unspecified atom stereocenters. The molecule has 2 heterocycles. The van der Waals surface area contributed by atoms with Crippen LogP contribution >= 0.6 is 0 Å². The van der Waals surface area contributed by atoms with E-state index in [9.17, 15) is 0 Å². The Hall–Kier alpha value is -1.09. The zero-order valence-electron chi connectivity index (χ0n) is 9.37. The molecule has 0 aliphatic carbocycles. The fraction of sp³-hybridized carbons (Fsp3) is 0.583. The largest absolute Gasteiger partial charge is 0.316 e. The van der Waals surface area contributed by atoms with Crippen molar-refractivity contribution in [3.05, 3.63) is 29.6 Å². The molecule has 1 aromatic rings. The zero-order valence-corrected chi connectivity index (χ0v) is 9.37. The molecular weight excluding hydrogens is 186 g/mol. The second-order valence-corrected chi connectivity index (χ2v) is 4.12. The summed E-state index contributed by atoms with van der Waals surface area (Å²) >= 11 is 0. The lowest BCUT2D eigenvalue weighted by molar-refractivity contribution is 0.703. The molecule has 1 saturated heterocycles. The number of aryl methyl sites for hydroxylation is 1. The van der Waals surface area contributed by atoms with Gasteiger partial charge in [-0.05, 0) is 38.4 Å². The van der Waals surface area contributed by atoms with Gasteiger partial charge in [0.25, 0.3) is 0 Å². The summed E-state index contributed by atoms with van der Waals surface area (Å²) in [5, 5.41) is 7.60. The highest BCUT2D eigenvalue weighted by molar-refractivity contribution is 5.11. The van der Waals surface area contributed by atoms with Crippen LogP contribution in [0.1, 0.15) is 25.0 Å². The van der Waals surface area contributed by atoms with Crippen molar-refractivity contribution in [2.24, 2.45) is 7.05 Å². The maximum atomic E-state index is 4.17. The summed E-state index contributed by atoms with van der Waals surface area (Å²) in [6, 6.07) is 2.09. The fourth-order valence-corrected chi connectivity index (χ4v) is 1.99. The van der Waals surface area contributed by atoms with Crippen molar-refractivity contribution >= 4 is 0 Å². The van der Waals surface area contributed by atoms with E-state index >= 15 is 0 Å². The van der Waals surface area contributed by atoms with Gasteiger partial charge in [-0.15, -0.1) is 0 Å². The molecule has 1 aliphatic heterocycles. The van der Waals surface area contributed by atoms with E-state index in [1.165, 1.54) is 31.5 Å². The molecule has 1 N–H and O–H groups in total. The molecule has 3 heteroatoms. The number of allylic oxidation sites excluding steroid dienone is 1. The number of rotatable bonds is 2. The Morgan fingerprint density at radius 3 is 3.20 bits per heavy atom. The van der Waals surface area contributed by atoms with Gasteiger partial charge in [0.15, 0.2) is 0 Å². The standard InChI is InChI=1S/C12H19N3/c1-15-12(7-10-14-15)5-4-11-3-2-8-13-9-6-11/h4,7,10,13H,2-3,5-6,8-9H2,1H3/b11-4-. The Morgan fingerprint density at radius 1 is 1.47 bits per heavy atom. The van der Waals surface area contributed by atoms with Crippen LogP contribution in [-0.4, -0.2) is 22.9 Å². The molecule has 0 saturated carbocycles. The molecule has 15 heavy (non-hydrogen) atoms. The van der Waals surface area contributed by atoms with E-state index in [0.717, 1.165) is 13.0 Å². The predicted octanol–water partition coefficient (Wildman–Crippen LogP) is 1.66. The lowest BCUT2D eigenvalue weighted by Gasteiger charge is -2.02. The first-order valence-corrected chi connectivity index (χ1v) is 5.72. The van der Waals surface area contributed by atoms with E-state index in [-0.39, 0.29) is 0 Å². The molecule has 0 spiro atoms. The average Bonchev–Trinajstić information content (AvgIpc) is 2.53. The lowest BCUT2D eigenvalue weighted by atomic mass is 10.1. The summed E-state index contributed by atoms with van der Waals surface area (Å²) in [6.45, 7) is 2.31. The predicted molar refractivity (Wildman–Crippen MR) is 61.7 cm³/mol. The molecule has 1 fully saturated rings. The van der Waals surface area contributed by atoms with Gasteiger partial charge in [-0.2, -0.15) is 5.10 Å². The second kappa shape index (κ2) is 5.12. The van der Waals surface area contributed by atoms with Crippen LogP contribution < -0.4 is 5.32 Å². The minimum Gasteiger partial charge on any atom is -0.316 e. The van der Waals surface area contributed by atoms with Crippen LogP contribution in [0.2, 0.25) is 0 Å². The van der Waals surface area contributed by atoms with E-state index in [1.807, 2.05) is 17.9 Å². The minimum atomic E-state index is 1.02. The summed E-state index contributed by atoms with van der Waals surface area (Å²) in [6.07, 6.45) is 9.00. The van der Waals surface area contributed by atoms with Gasteiger partial charge >= 0.3 is 0 Å². The van der Waals surface area contributed by atoms with Gasteiger partial charge in [-0.1, -0.05) is 11.6 Å². The normalized spacial score (nSPS) is 20.5. The third-order valence-electron chi connectivity index (χ3n) is 3.00. The van der Waals surface area contributed by atoms with Crippen molar-refractivity contribution in [2.45, 2.75) is 25.7 Å². The SMILES string of the molecule is Cn1nccc1C/C=C1/CCCNCC1. The monoisotopic (exact) mass is 205 g/mol. The first-order valence-electron chi connectivity index (χ1n) is 5.72. The van der Waals surface area contributed by atoms with Crippen LogP contribution in [0.3, 0.4) is 0 Å². The smallest absolute Gasteiger partial charge is 0.0492 e. The zero-order chi connectivity index (χ0) is 10.5. The van der Waals surface area contributed by atoms with Crippen molar-refractivity contribution in [3.8, 4) is 0 Å². The highest BCUT2D eigenvalue weighted by Gasteiger charge is 2.03. The molecule has 1 aliphatic rings. The van der Waals surface area contributed by atoms with Crippen molar-refractivity contribution in [3.63, 3.8) is 0 Å². The van der Waals surface area contributed by atoms with Crippen LogP contribution in [0, 0.1) is 0 Å². The Bertz CT molecular complexity index is 328. The molecule has 0 aromatic carbocycles. The number of nitrogens with one attached hydrogen (secondary N) is 1. The summed E-state index contributed by atoms with van der Waals surface area (Å²) in [5.41, 5.74) is 2.89. The molecule has 1 aromatic heterocycles. The van der Waals surface area contributed by atoms with E-state index in [2.05, 4.69) is 22.6 Å². The van der Waals surface area contributed by atoms with Gasteiger partial charge in [0.05, 0.1) is 0 Å². The van der Waals surface area contributed by atoms with Crippen molar-refractivity contribution in [1.29, 1.82) is 0 Å². The molecule has 3 nitrogen and oxygen atoms in total. The minimum absolute atomic E-state index is 1.02. The molecule has 2 rings (SSSR count). The topological polar surface area (TPSA) is 29.9 Å². The molecule has 82 valence electrons. The lowest BCUT2D eigenvalue weighted by Crippen LogP contribution is -2.13. The maximum absolute atomic E-state index is 4.17. The molecule has 0 atom stereocenters. The number of nitrogens with zero attached hydrogens (tertiary/aromatic N) is 2. The third kappa shape index (κ3) is 2.93. The maximum Gasteiger partial charge on any atom is 0.0492 e. The first kappa shape index (κ1) is 10.4. The van der Waals surface area contributed by atoms with Crippen LogP contribution in [0.25, 0.3) is 0 Å². The van der Waals surface area contributed by atoms with Crippen molar-refractivity contribution in [2.75, 3.05) is 13.1 Å². The summed E-state index contributed by atoms with van der Waals surface area (Å²) < 4.78 is 1.95. The fourth-order valence-electron chi connectivity index (χ4n) is 1.99. The molecule has 0 radical (unpaired) electrons. The second-order valence-electron chi connectivity index (χ2n) is 4.12. The van der Waals surface area contributed by atoms with Gasteiger partial charge in [0.1, 0.15) is 0 Å². The Morgan fingerprint density at radius 2 is 2.40 bits per heavy atom. The van der Waals surface area contributed by atoms with Gasteiger partial charge in [-0.3, -0.25) is 4.68 Å². The van der Waals surface area contributed by atoms with E-state index in [0.29, 0.717) is 0 Å². The summed E-state index contributed by atoms with van der Waals surface area (Å²) in [5.74, 6) is 0. The van der Waals surface area contributed by atoms with Crippen LogP contribution in [-0.2, 0) is 13.5 Å². The Balaban J connectivity index is 1.95. The molecule has 0 bridgehead atoms. The van der Waals surface area contributed by atoms with Gasteiger partial charge in [0.2, 0.25) is 0 Å². The number of hydrogen-bond donors (Lipinski definition) is 1.